The van der Waals surface area contributed by atoms with E-state index in [1.807, 2.05) is 12.1 Å². The summed E-state index contributed by atoms with van der Waals surface area (Å²) in [5, 5.41) is 3.09. The number of aromatic nitrogens is 1. The minimum Gasteiger partial charge on any atom is -0.383 e. The van der Waals surface area contributed by atoms with Crippen molar-refractivity contribution in [2.45, 2.75) is 6.42 Å². The highest BCUT2D eigenvalue weighted by Crippen LogP contribution is 2.11. The summed E-state index contributed by atoms with van der Waals surface area (Å²) in [7, 11) is 0. The maximum absolute atomic E-state index is 13.3. The lowest BCUT2D eigenvalue weighted by Gasteiger charge is -2.06. The number of benzene rings is 1. The summed E-state index contributed by atoms with van der Waals surface area (Å²) < 4.78 is 26.2. The molecule has 2 nitrogen and oxygen atoms in total. The van der Waals surface area contributed by atoms with E-state index in [4.69, 9.17) is 0 Å². The van der Waals surface area contributed by atoms with Crippen molar-refractivity contribution in [1.29, 1.82) is 0 Å². The second-order valence-corrected chi connectivity index (χ2v) is 3.65. The van der Waals surface area contributed by atoms with Crippen molar-refractivity contribution in [1.82, 2.24) is 4.98 Å². The molecule has 0 bridgehead atoms. The van der Waals surface area contributed by atoms with Gasteiger partial charge in [-0.25, -0.2) is 8.78 Å². The molecular formula is C13H12F2N2. The standard InChI is InChI=1S/C13H12F2N2/c14-11-3-4-13(15)10(8-11)5-7-17-12-2-1-6-16-9-12/h1-4,6,8-9,17H,5,7H2. The highest BCUT2D eigenvalue weighted by atomic mass is 19.1. The molecule has 0 spiro atoms. The molecule has 0 aliphatic carbocycles. The maximum atomic E-state index is 13.3. The van der Waals surface area contributed by atoms with Crippen molar-refractivity contribution in [3.05, 3.63) is 59.9 Å². The van der Waals surface area contributed by atoms with Gasteiger partial charge in [0.05, 0.1) is 5.69 Å². The van der Waals surface area contributed by atoms with Crippen molar-refractivity contribution in [2.75, 3.05) is 11.9 Å². The molecule has 0 saturated heterocycles. The lowest BCUT2D eigenvalue weighted by Crippen LogP contribution is -2.06. The summed E-state index contributed by atoms with van der Waals surface area (Å²) in [5.74, 6) is -0.790. The van der Waals surface area contributed by atoms with Crippen LogP contribution in [-0.2, 0) is 6.42 Å². The highest BCUT2D eigenvalue weighted by molar-refractivity contribution is 5.39. The van der Waals surface area contributed by atoms with Gasteiger partial charge in [0.1, 0.15) is 11.6 Å². The second-order valence-electron chi connectivity index (χ2n) is 3.65. The number of nitrogens with zero attached hydrogens (tertiary/aromatic N) is 1. The molecule has 0 saturated carbocycles. The number of nitrogens with one attached hydrogen (secondary N) is 1. The van der Waals surface area contributed by atoms with Crippen molar-refractivity contribution >= 4 is 5.69 Å². The first-order valence-electron chi connectivity index (χ1n) is 5.33. The van der Waals surface area contributed by atoms with Crippen LogP contribution in [0.3, 0.4) is 0 Å². The van der Waals surface area contributed by atoms with Crippen LogP contribution in [0.25, 0.3) is 0 Å². The zero-order valence-electron chi connectivity index (χ0n) is 9.16. The minimum absolute atomic E-state index is 0.376. The van der Waals surface area contributed by atoms with Gasteiger partial charge in [-0.2, -0.15) is 0 Å². The predicted octanol–water partition coefficient (Wildman–Crippen LogP) is 3.01. The largest absolute Gasteiger partial charge is 0.383 e. The Hall–Kier alpha value is -1.97. The van der Waals surface area contributed by atoms with Crippen molar-refractivity contribution in [2.24, 2.45) is 0 Å². The number of pyridine rings is 1. The molecule has 4 heteroatoms. The Bertz CT molecular complexity index is 486. The fourth-order valence-electron chi connectivity index (χ4n) is 1.54. The van der Waals surface area contributed by atoms with Crippen molar-refractivity contribution < 1.29 is 8.78 Å². The van der Waals surface area contributed by atoms with Crippen molar-refractivity contribution in [3.8, 4) is 0 Å². The summed E-state index contributed by atoms with van der Waals surface area (Å²) in [4.78, 5) is 3.95. The molecule has 17 heavy (non-hydrogen) atoms. The van der Waals surface area contributed by atoms with Gasteiger partial charge in [0, 0.05) is 18.9 Å². The Labute approximate surface area is 98.3 Å². The average Bonchev–Trinajstić information content (AvgIpc) is 2.35. The molecular weight excluding hydrogens is 222 g/mol. The van der Waals surface area contributed by atoms with Crippen LogP contribution in [0, 0.1) is 11.6 Å². The smallest absolute Gasteiger partial charge is 0.126 e. The molecule has 0 aliphatic rings. The predicted molar refractivity (Wildman–Crippen MR) is 62.8 cm³/mol. The molecule has 1 aromatic carbocycles. The van der Waals surface area contributed by atoms with Crippen molar-refractivity contribution in [3.63, 3.8) is 0 Å². The van der Waals surface area contributed by atoms with Crippen LogP contribution < -0.4 is 5.32 Å². The van der Waals surface area contributed by atoms with Gasteiger partial charge in [0.25, 0.3) is 0 Å². The zero-order chi connectivity index (χ0) is 12.1. The molecule has 1 aromatic heterocycles. The second kappa shape index (κ2) is 5.39. The normalized spacial score (nSPS) is 10.2. The lowest BCUT2D eigenvalue weighted by atomic mass is 10.1. The molecule has 1 N–H and O–H groups in total. The molecule has 0 radical (unpaired) electrons. The number of halogens is 2. The van der Waals surface area contributed by atoms with Crippen LogP contribution >= 0.6 is 0 Å². The minimum atomic E-state index is -0.414. The van der Waals surface area contributed by atoms with Crippen LogP contribution in [0.1, 0.15) is 5.56 Å². The molecule has 1 heterocycles. The molecule has 0 amide bonds. The number of hydrogen-bond acceptors (Lipinski definition) is 2. The van der Waals surface area contributed by atoms with E-state index in [1.54, 1.807) is 12.4 Å². The van der Waals surface area contributed by atoms with E-state index in [2.05, 4.69) is 10.3 Å². The van der Waals surface area contributed by atoms with Crippen LogP contribution in [0.15, 0.2) is 42.7 Å². The Kier molecular flexibility index (Phi) is 3.65. The van der Waals surface area contributed by atoms with Gasteiger partial charge < -0.3 is 5.32 Å². The van der Waals surface area contributed by atoms with Gasteiger partial charge in [-0.1, -0.05) is 0 Å². The zero-order valence-corrected chi connectivity index (χ0v) is 9.16. The molecule has 0 unspecified atom stereocenters. The van der Waals surface area contributed by atoms with E-state index in [0.29, 0.717) is 18.5 Å². The highest BCUT2D eigenvalue weighted by Gasteiger charge is 2.03. The average molecular weight is 234 g/mol. The van der Waals surface area contributed by atoms with E-state index in [-0.39, 0.29) is 5.82 Å². The van der Waals surface area contributed by atoms with E-state index in [9.17, 15) is 8.78 Å². The summed E-state index contributed by atoms with van der Waals surface area (Å²) >= 11 is 0. The van der Waals surface area contributed by atoms with Crippen LogP contribution in [-0.4, -0.2) is 11.5 Å². The van der Waals surface area contributed by atoms with Gasteiger partial charge in [-0.3, -0.25) is 4.98 Å². The monoisotopic (exact) mass is 234 g/mol. The van der Waals surface area contributed by atoms with Gasteiger partial charge >= 0.3 is 0 Å². The SMILES string of the molecule is Fc1ccc(F)c(CCNc2cccnc2)c1. The third kappa shape index (κ3) is 3.24. The van der Waals surface area contributed by atoms with Crippen LogP contribution in [0.4, 0.5) is 14.5 Å². The Morgan fingerprint density at radius 1 is 1.18 bits per heavy atom. The lowest BCUT2D eigenvalue weighted by molar-refractivity contribution is 0.586. The topological polar surface area (TPSA) is 24.9 Å². The number of hydrogen-bond donors (Lipinski definition) is 1. The first kappa shape index (κ1) is 11.5. The molecule has 0 atom stereocenters. The molecule has 0 fully saturated rings. The first-order chi connectivity index (χ1) is 8.25. The Morgan fingerprint density at radius 2 is 2.06 bits per heavy atom. The first-order valence-corrected chi connectivity index (χ1v) is 5.33. The quantitative estimate of drug-likeness (QED) is 0.879. The van der Waals surface area contributed by atoms with Gasteiger partial charge in [0.2, 0.25) is 0 Å². The molecule has 2 rings (SSSR count). The summed E-state index contributed by atoms with van der Waals surface area (Å²) in [6, 6.07) is 7.17. The van der Waals surface area contributed by atoms with Gasteiger partial charge in [-0.05, 0) is 42.3 Å². The fraction of sp³-hybridized carbons (Fsp3) is 0.154. The van der Waals surface area contributed by atoms with E-state index in [1.165, 1.54) is 6.07 Å². The van der Waals surface area contributed by atoms with E-state index >= 15 is 0 Å². The third-order valence-electron chi connectivity index (χ3n) is 2.39. The Balaban J connectivity index is 1.92. The van der Waals surface area contributed by atoms with E-state index < -0.39 is 5.82 Å². The van der Waals surface area contributed by atoms with Crippen LogP contribution in [0.2, 0.25) is 0 Å². The number of rotatable bonds is 4. The maximum Gasteiger partial charge on any atom is 0.126 e. The fourth-order valence-corrected chi connectivity index (χ4v) is 1.54. The molecule has 88 valence electrons. The Morgan fingerprint density at radius 3 is 2.82 bits per heavy atom. The third-order valence-corrected chi connectivity index (χ3v) is 2.39. The number of anilines is 1. The van der Waals surface area contributed by atoms with E-state index in [0.717, 1.165) is 17.8 Å². The summed E-state index contributed by atoms with van der Waals surface area (Å²) in [6.45, 7) is 0.534. The van der Waals surface area contributed by atoms with Crippen LogP contribution in [0.5, 0.6) is 0 Å². The molecule has 0 aliphatic heterocycles. The van der Waals surface area contributed by atoms with Gasteiger partial charge in [0.15, 0.2) is 0 Å². The van der Waals surface area contributed by atoms with Gasteiger partial charge in [-0.15, -0.1) is 0 Å². The summed E-state index contributed by atoms with van der Waals surface area (Å²) in [6.07, 6.45) is 3.79. The molecule has 2 aromatic rings. The summed E-state index contributed by atoms with van der Waals surface area (Å²) in [5.41, 5.74) is 1.24.